The first-order chi connectivity index (χ1) is 32.8. The Hall–Kier alpha value is -5.71. The van der Waals surface area contributed by atoms with Crippen molar-refractivity contribution in [3.05, 3.63) is 42.8 Å². The minimum atomic E-state index is -0.170. The Morgan fingerprint density at radius 3 is 1.41 bits per heavy atom. The summed E-state index contributed by atoms with van der Waals surface area (Å²) in [7, 11) is 7.28. The number of anilines is 4. The van der Waals surface area contributed by atoms with Crippen molar-refractivity contribution < 1.29 is 32.6 Å². The van der Waals surface area contributed by atoms with E-state index in [1.54, 1.807) is 51.3 Å². The van der Waals surface area contributed by atoms with E-state index in [0.29, 0.717) is 85.2 Å². The van der Waals surface area contributed by atoms with Crippen LogP contribution in [0.25, 0.3) is 0 Å². The van der Waals surface area contributed by atoms with Gasteiger partial charge in [-0.3, -0.25) is 43.8 Å². The van der Waals surface area contributed by atoms with E-state index >= 15 is 0 Å². The van der Waals surface area contributed by atoms with E-state index in [4.69, 9.17) is 13.5 Å². The number of aromatic nitrogens is 7. The lowest BCUT2D eigenvalue weighted by Gasteiger charge is -2.24. The number of nitrogens with zero attached hydrogens (tertiary/aromatic N) is 11. The molecule has 374 valence electrons. The maximum absolute atomic E-state index is 12.4. The van der Waals surface area contributed by atoms with Crippen LogP contribution in [-0.2, 0) is 25.6 Å². The number of hydrogen-bond acceptors (Lipinski definition) is 18. The zero-order valence-corrected chi connectivity index (χ0v) is 41.5. The minimum absolute atomic E-state index is 0.0262. The maximum Gasteiger partial charge on any atom is 0.304 e. The van der Waals surface area contributed by atoms with Crippen molar-refractivity contribution in [1.29, 1.82) is 0 Å². The molecule has 0 radical (unpaired) electrons. The Labute approximate surface area is 399 Å². The van der Waals surface area contributed by atoms with E-state index in [2.05, 4.69) is 84.2 Å². The van der Waals surface area contributed by atoms with Crippen LogP contribution in [0.5, 0.6) is 0 Å². The smallest absolute Gasteiger partial charge is 0.304 e. The van der Waals surface area contributed by atoms with E-state index in [1.807, 2.05) is 35.1 Å². The molecule has 4 aliphatic heterocycles. The number of hydrogen-bond donors (Lipinski definition) is 4. The Kier molecular flexibility index (Phi) is 20.5. The van der Waals surface area contributed by atoms with Gasteiger partial charge in [0.2, 0.25) is 35.4 Å². The molecule has 4 aromatic heterocycles. The van der Waals surface area contributed by atoms with E-state index in [0.717, 1.165) is 57.9 Å². The molecule has 0 aliphatic carbocycles. The predicted molar refractivity (Wildman–Crippen MR) is 256 cm³/mol. The fourth-order valence-corrected chi connectivity index (χ4v) is 9.16. The Bertz CT molecular complexity index is 2150. The molecular formula is C46H73N15O7. The highest BCUT2D eigenvalue weighted by Gasteiger charge is 2.36. The molecule has 8 unspecified atom stereocenters. The zero-order valence-electron chi connectivity index (χ0n) is 41.5. The van der Waals surface area contributed by atoms with Gasteiger partial charge in [0.25, 0.3) is 11.9 Å². The summed E-state index contributed by atoms with van der Waals surface area (Å²) in [5.41, 5.74) is 0. The summed E-state index contributed by atoms with van der Waals surface area (Å²) in [5.74, 6) is 4.02. The van der Waals surface area contributed by atoms with Crippen molar-refractivity contribution in [2.45, 2.75) is 123 Å². The van der Waals surface area contributed by atoms with Crippen molar-refractivity contribution in [3.8, 4) is 0 Å². The van der Waals surface area contributed by atoms with Crippen LogP contribution < -0.4 is 40.9 Å². The lowest BCUT2D eigenvalue weighted by atomic mass is 9.98. The SMILES string of the molecule is CCc1nc(N2CCCC(C)C(NC)C2=O)no1.CNC1C(=O)N(c2cnccn2)CCCC1C.CNC1C(=O)N(c2ncco2)CCCC1C.CNC1C(=O)N(c2noc(C)n2)CCCC1C. The standard InChI is InChI=1S/C12H20N4O2.C12H18N4O.C11H18N4O2.C11H17N3O2/c1-4-9-14-12(15-18-9)16-7-5-6-8(2)10(13-3)11(16)17;1-9-4-3-7-16(12(17)11(9)13-2)10-8-14-5-6-15-10;1-7-5-4-6-15(10(16)9(7)12-3)11-13-8(2)17-14-11;1-8-4-3-6-14(10(15)9(8)12-2)11-13-5-7-16-11/h8,10,13H,4-7H2,1-3H3;5-6,8-9,11,13H,3-4,7H2,1-2H3;7,9,12H,4-6H2,1-3H3;5,7-9,12H,3-4,6H2,1-2H3. The average molecular weight is 948 g/mol. The van der Waals surface area contributed by atoms with Crippen molar-refractivity contribution in [2.75, 3.05) is 74.0 Å². The summed E-state index contributed by atoms with van der Waals surface area (Å²) >= 11 is 0. The van der Waals surface area contributed by atoms with Gasteiger partial charge in [-0.15, -0.1) is 0 Å². The second-order valence-electron chi connectivity index (χ2n) is 17.8. The van der Waals surface area contributed by atoms with Crippen LogP contribution in [0, 0.1) is 30.6 Å². The molecule has 22 heteroatoms. The minimum Gasteiger partial charge on any atom is -0.432 e. The fraction of sp³-hybridized carbons (Fsp3) is 0.674. The number of carbonyl (C=O) groups excluding carboxylic acids is 4. The van der Waals surface area contributed by atoms with Crippen molar-refractivity contribution in [2.24, 2.45) is 23.7 Å². The third kappa shape index (κ3) is 13.5. The molecular weight excluding hydrogens is 875 g/mol. The normalized spacial score (nSPS) is 26.0. The number of amides is 4. The molecule has 8 heterocycles. The summed E-state index contributed by atoms with van der Waals surface area (Å²) in [5, 5.41) is 20.0. The van der Waals surface area contributed by atoms with Gasteiger partial charge in [-0.05, 0) is 114 Å². The molecule has 4 N–H and O–H groups in total. The molecule has 0 spiro atoms. The predicted octanol–water partition coefficient (Wildman–Crippen LogP) is 3.56. The summed E-state index contributed by atoms with van der Waals surface area (Å²) < 4.78 is 15.2. The molecule has 0 aromatic carbocycles. The molecule has 0 bridgehead atoms. The maximum atomic E-state index is 12.4. The Morgan fingerprint density at radius 1 is 0.574 bits per heavy atom. The van der Waals surface area contributed by atoms with Crippen molar-refractivity contribution >= 4 is 47.4 Å². The molecule has 22 nitrogen and oxygen atoms in total. The van der Waals surface area contributed by atoms with E-state index in [9.17, 15) is 19.2 Å². The topological polar surface area (TPSA) is 259 Å². The van der Waals surface area contributed by atoms with Crippen molar-refractivity contribution in [3.63, 3.8) is 0 Å². The van der Waals surface area contributed by atoms with Gasteiger partial charge < -0.3 is 34.7 Å². The Balaban J connectivity index is 0.000000170. The van der Waals surface area contributed by atoms with Gasteiger partial charge in [0.15, 0.2) is 5.82 Å². The number of rotatable bonds is 9. The average Bonchev–Trinajstić information content (AvgIpc) is 4.07. The van der Waals surface area contributed by atoms with Crippen LogP contribution in [0.3, 0.4) is 0 Å². The second-order valence-corrected chi connectivity index (χ2v) is 17.8. The molecule has 4 aliphatic rings. The molecule has 4 aromatic rings. The summed E-state index contributed by atoms with van der Waals surface area (Å²) in [6, 6.07) is -0.208. The van der Waals surface area contributed by atoms with Gasteiger partial charge in [-0.2, -0.15) is 9.97 Å². The van der Waals surface area contributed by atoms with Crippen LogP contribution in [0.1, 0.15) is 97.8 Å². The molecule has 0 saturated carbocycles. The number of nitrogens with one attached hydrogen (secondary N) is 4. The van der Waals surface area contributed by atoms with Gasteiger partial charge in [0.05, 0.1) is 36.6 Å². The molecule has 4 saturated heterocycles. The van der Waals surface area contributed by atoms with Crippen LogP contribution >= 0.6 is 0 Å². The summed E-state index contributed by atoms with van der Waals surface area (Å²) in [6.45, 7) is 14.8. The van der Waals surface area contributed by atoms with E-state index in [1.165, 1.54) is 6.26 Å². The lowest BCUT2D eigenvalue weighted by Crippen LogP contribution is -2.47. The molecule has 4 amide bonds. The quantitative estimate of drug-likeness (QED) is 0.187. The third-order valence-electron chi connectivity index (χ3n) is 13.0. The lowest BCUT2D eigenvalue weighted by molar-refractivity contribution is -0.122. The van der Waals surface area contributed by atoms with Gasteiger partial charge in [0, 0.05) is 51.9 Å². The number of carbonyl (C=O) groups is 4. The zero-order chi connectivity index (χ0) is 49.3. The van der Waals surface area contributed by atoms with E-state index < -0.39 is 0 Å². The first-order valence-corrected chi connectivity index (χ1v) is 24.0. The Morgan fingerprint density at radius 2 is 1.01 bits per heavy atom. The van der Waals surface area contributed by atoms with Crippen LogP contribution in [0.2, 0.25) is 0 Å². The second kappa shape index (κ2) is 26.2. The summed E-state index contributed by atoms with van der Waals surface area (Å²) in [4.78, 5) is 76.6. The van der Waals surface area contributed by atoms with E-state index in [-0.39, 0.29) is 47.8 Å². The highest BCUT2D eigenvalue weighted by molar-refractivity contribution is 5.98. The first-order valence-electron chi connectivity index (χ1n) is 24.0. The van der Waals surface area contributed by atoms with Gasteiger partial charge >= 0.3 is 6.01 Å². The van der Waals surface area contributed by atoms with Crippen LogP contribution in [-0.4, -0.2) is 137 Å². The van der Waals surface area contributed by atoms with Gasteiger partial charge in [-0.1, -0.05) is 34.6 Å². The highest BCUT2D eigenvalue weighted by atomic mass is 16.5. The number of likely N-dealkylation sites (N-methyl/N-ethyl adjacent to an activating group) is 4. The largest absolute Gasteiger partial charge is 0.432 e. The molecule has 8 rings (SSSR count). The first kappa shape index (κ1) is 53.2. The fourth-order valence-electron chi connectivity index (χ4n) is 9.16. The number of aryl methyl sites for hydroxylation is 2. The molecule has 8 atom stereocenters. The van der Waals surface area contributed by atoms with Crippen LogP contribution in [0.4, 0.5) is 23.7 Å². The highest BCUT2D eigenvalue weighted by Crippen LogP contribution is 2.26. The summed E-state index contributed by atoms with van der Waals surface area (Å²) in [6.07, 6.45) is 16.6. The third-order valence-corrected chi connectivity index (χ3v) is 13.0. The molecule has 68 heavy (non-hydrogen) atoms. The van der Waals surface area contributed by atoms with Gasteiger partial charge in [-0.25, -0.2) is 9.97 Å². The van der Waals surface area contributed by atoms with Crippen LogP contribution in [0.15, 0.2) is 44.5 Å². The number of oxazole rings is 1. The monoisotopic (exact) mass is 948 g/mol. The van der Waals surface area contributed by atoms with Crippen molar-refractivity contribution in [1.82, 2.24) is 56.5 Å². The molecule has 4 fully saturated rings. The van der Waals surface area contributed by atoms with Gasteiger partial charge in [0.1, 0.15) is 6.26 Å².